The van der Waals surface area contributed by atoms with E-state index in [1.165, 1.54) is 28.4 Å². The van der Waals surface area contributed by atoms with Gasteiger partial charge in [0.05, 0.1) is 47.8 Å². The normalized spacial score (nSPS) is 19.4. The van der Waals surface area contributed by atoms with Gasteiger partial charge in [-0.1, -0.05) is 0 Å². The molecule has 2 aromatic rings. The zero-order valence-corrected chi connectivity index (χ0v) is 17.5. The second kappa shape index (κ2) is 9.32. The number of ether oxygens (including phenoxy) is 5. The van der Waals surface area contributed by atoms with Crippen LogP contribution in [0.3, 0.4) is 0 Å². The summed E-state index contributed by atoms with van der Waals surface area (Å²) in [7, 11) is 5.85. The molecule has 1 aliphatic heterocycles. The fraction of sp³-hybridized carbons (Fsp3) is 0.455. The molecule has 0 radical (unpaired) electrons. The average molecular weight is 420 g/mol. The van der Waals surface area contributed by atoms with Crippen LogP contribution in [0.1, 0.15) is 17.2 Å². The number of phenolic OH excluding ortho intramolecular Hbond substituents is 2. The zero-order chi connectivity index (χ0) is 21.8. The number of aliphatic hydroxyl groups is 1. The molecule has 164 valence electrons. The molecule has 1 saturated heterocycles. The molecule has 0 amide bonds. The van der Waals surface area contributed by atoms with Crippen LogP contribution in [0.4, 0.5) is 0 Å². The Bertz CT molecular complexity index is 831. The lowest BCUT2D eigenvalue weighted by Gasteiger charge is -2.25. The fourth-order valence-corrected chi connectivity index (χ4v) is 3.87. The summed E-state index contributed by atoms with van der Waals surface area (Å²) < 4.78 is 26.6. The van der Waals surface area contributed by atoms with Gasteiger partial charge in [0.1, 0.15) is 0 Å². The molecule has 3 atom stereocenters. The molecule has 8 nitrogen and oxygen atoms in total. The van der Waals surface area contributed by atoms with Gasteiger partial charge in [-0.2, -0.15) is 0 Å². The Labute approximate surface area is 175 Å². The van der Waals surface area contributed by atoms with Gasteiger partial charge in [0.15, 0.2) is 23.0 Å². The van der Waals surface area contributed by atoms with Crippen molar-refractivity contribution in [3.05, 3.63) is 35.4 Å². The molecule has 30 heavy (non-hydrogen) atoms. The first-order chi connectivity index (χ1) is 14.4. The Morgan fingerprint density at radius 3 is 1.77 bits per heavy atom. The van der Waals surface area contributed by atoms with Gasteiger partial charge in [-0.05, 0) is 47.7 Å². The highest BCUT2D eigenvalue weighted by Crippen LogP contribution is 2.43. The van der Waals surface area contributed by atoms with E-state index in [0.29, 0.717) is 36.7 Å². The van der Waals surface area contributed by atoms with E-state index in [0.717, 1.165) is 5.56 Å². The quantitative estimate of drug-likeness (QED) is 0.598. The van der Waals surface area contributed by atoms with Crippen LogP contribution in [0.25, 0.3) is 0 Å². The highest BCUT2D eigenvalue weighted by molar-refractivity contribution is 5.54. The monoisotopic (exact) mass is 420 g/mol. The van der Waals surface area contributed by atoms with E-state index in [1.54, 1.807) is 24.3 Å². The molecule has 1 heterocycles. The molecule has 0 saturated carbocycles. The molecule has 0 bridgehead atoms. The molecule has 0 spiro atoms. The van der Waals surface area contributed by atoms with E-state index >= 15 is 0 Å². The van der Waals surface area contributed by atoms with Crippen LogP contribution in [0.5, 0.6) is 34.5 Å². The lowest BCUT2D eigenvalue weighted by Crippen LogP contribution is -2.22. The second-order valence-electron chi connectivity index (χ2n) is 7.23. The van der Waals surface area contributed by atoms with Gasteiger partial charge in [0, 0.05) is 5.92 Å². The summed E-state index contributed by atoms with van der Waals surface area (Å²) in [6.07, 6.45) is -0.247. The van der Waals surface area contributed by atoms with Gasteiger partial charge in [-0.15, -0.1) is 0 Å². The van der Waals surface area contributed by atoms with Crippen LogP contribution in [0.2, 0.25) is 0 Å². The first-order valence-electron chi connectivity index (χ1n) is 9.58. The number of phenols is 2. The number of benzene rings is 2. The van der Waals surface area contributed by atoms with Gasteiger partial charge in [0.2, 0.25) is 11.5 Å². The number of hydrogen-bond acceptors (Lipinski definition) is 8. The standard InChI is InChI=1S/C22H28O8/c1-26-16-6-12(7-17(27-2)21(16)24)5-14-10-30-11-15(14)20(23)13-8-18(28-3)22(25)19(9-13)29-4/h6-9,14-15,20,23-25H,5,10-11H2,1-4H3/t14-,15+,20+/m1/s1. The largest absolute Gasteiger partial charge is 0.502 e. The van der Waals surface area contributed by atoms with Crippen molar-refractivity contribution in [3.8, 4) is 34.5 Å². The van der Waals surface area contributed by atoms with Crippen molar-refractivity contribution >= 4 is 0 Å². The summed E-state index contributed by atoms with van der Waals surface area (Å²) in [6, 6.07) is 6.72. The molecule has 0 aromatic heterocycles. The summed E-state index contributed by atoms with van der Waals surface area (Å²) >= 11 is 0. The topological polar surface area (TPSA) is 107 Å². The highest BCUT2D eigenvalue weighted by atomic mass is 16.5. The van der Waals surface area contributed by atoms with Crippen molar-refractivity contribution in [3.63, 3.8) is 0 Å². The van der Waals surface area contributed by atoms with Crippen LogP contribution in [0, 0.1) is 11.8 Å². The maximum atomic E-state index is 11.1. The molecular weight excluding hydrogens is 392 g/mol. The minimum Gasteiger partial charge on any atom is -0.502 e. The minimum atomic E-state index is -0.846. The summed E-state index contributed by atoms with van der Waals surface area (Å²) in [5.41, 5.74) is 1.47. The Hall–Kier alpha value is -2.84. The van der Waals surface area contributed by atoms with Gasteiger partial charge >= 0.3 is 0 Å². The van der Waals surface area contributed by atoms with E-state index in [2.05, 4.69) is 0 Å². The lowest BCUT2D eigenvalue weighted by atomic mass is 9.83. The van der Waals surface area contributed by atoms with Crippen LogP contribution in [0.15, 0.2) is 24.3 Å². The Balaban J connectivity index is 1.86. The lowest BCUT2D eigenvalue weighted by molar-refractivity contribution is 0.0807. The molecular formula is C22H28O8. The molecule has 2 aromatic carbocycles. The molecule has 0 aliphatic carbocycles. The summed E-state index contributed by atoms with van der Waals surface area (Å²) in [5.74, 6) is 0.782. The number of aliphatic hydroxyl groups excluding tert-OH is 1. The van der Waals surface area contributed by atoms with Gasteiger partial charge in [-0.25, -0.2) is 0 Å². The first-order valence-corrected chi connectivity index (χ1v) is 9.58. The van der Waals surface area contributed by atoms with Crippen LogP contribution in [-0.2, 0) is 11.2 Å². The van der Waals surface area contributed by atoms with Gasteiger partial charge < -0.3 is 39.0 Å². The van der Waals surface area contributed by atoms with E-state index in [4.69, 9.17) is 23.7 Å². The molecule has 1 aliphatic rings. The van der Waals surface area contributed by atoms with E-state index in [9.17, 15) is 15.3 Å². The maximum absolute atomic E-state index is 11.1. The zero-order valence-electron chi connectivity index (χ0n) is 17.5. The minimum absolute atomic E-state index is 0.0183. The number of rotatable bonds is 8. The third-order valence-corrected chi connectivity index (χ3v) is 5.53. The third kappa shape index (κ3) is 4.20. The highest BCUT2D eigenvalue weighted by Gasteiger charge is 2.35. The van der Waals surface area contributed by atoms with Crippen molar-refractivity contribution in [2.45, 2.75) is 12.5 Å². The van der Waals surface area contributed by atoms with Crippen molar-refractivity contribution < 1.29 is 39.0 Å². The molecule has 3 N–H and O–H groups in total. The smallest absolute Gasteiger partial charge is 0.200 e. The average Bonchev–Trinajstić information content (AvgIpc) is 3.22. The van der Waals surface area contributed by atoms with E-state index in [-0.39, 0.29) is 34.8 Å². The predicted molar refractivity (Wildman–Crippen MR) is 109 cm³/mol. The van der Waals surface area contributed by atoms with Gasteiger partial charge in [-0.3, -0.25) is 0 Å². The van der Waals surface area contributed by atoms with Crippen molar-refractivity contribution in [2.75, 3.05) is 41.7 Å². The van der Waals surface area contributed by atoms with E-state index in [1.807, 2.05) is 0 Å². The fourth-order valence-electron chi connectivity index (χ4n) is 3.87. The SMILES string of the molecule is COc1cc(C[C@@H]2COC[C@@H]2[C@@H](O)c2cc(OC)c(O)c(OC)c2)cc(OC)c1O. The van der Waals surface area contributed by atoms with Crippen molar-refractivity contribution in [1.82, 2.24) is 0 Å². The maximum Gasteiger partial charge on any atom is 0.200 e. The Morgan fingerprint density at radius 2 is 1.30 bits per heavy atom. The van der Waals surface area contributed by atoms with Crippen molar-refractivity contribution in [1.29, 1.82) is 0 Å². The molecule has 0 unspecified atom stereocenters. The Morgan fingerprint density at radius 1 is 0.833 bits per heavy atom. The number of hydrogen-bond donors (Lipinski definition) is 3. The summed E-state index contributed by atoms with van der Waals surface area (Å²) in [5, 5.41) is 31.3. The third-order valence-electron chi connectivity index (χ3n) is 5.53. The van der Waals surface area contributed by atoms with E-state index < -0.39 is 6.10 Å². The second-order valence-corrected chi connectivity index (χ2v) is 7.23. The number of methoxy groups -OCH3 is 4. The number of aromatic hydroxyl groups is 2. The molecule has 3 rings (SSSR count). The predicted octanol–water partition coefficient (Wildman–Crippen LogP) is 2.67. The van der Waals surface area contributed by atoms with Crippen LogP contribution < -0.4 is 18.9 Å². The van der Waals surface area contributed by atoms with Crippen LogP contribution >= 0.6 is 0 Å². The van der Waals surface area contributed by atoms with Gasteiger partial charge in [0.25, 0.3) is 0 Å². The van der Waals surface area contributed by atoms with Crippen molar-refractivity contribution in [2.24, 2.45) is 11.8 Å². The van der Waals surface area contributed by atoms with Crippen LogP contribution in [-0.4, -0.2) is 57.0 Å². The first kappa shape index (κ1) is 21.9. The molecule has 1 fully saturated rings. The summed E-state index contributed by atoms with van der Waals surface area (Å²) in [6.45, 7) is 0.878. The molecule has 8 heteroatoms. The summed E-state index contributed by atoms with van der Waals surface area (Å²) in [4.78, 5) is 0. The Kier molecular flexibility index (Phi) is 6.79.